The van der Waals surface area contributed by atoms with E-state index in [4.69, 9.17) is 0 Å². The summed E-state index contributed by atoms with van der Waals surface area (Å²) in [5.74, 6) is 1.06. The van der Waals surface area contributed by atoms with Gasteiger partial charge in [0.05, 0.1) is 0 Å². The van der Waals surface area contributed by atoms with Crippen molar-refractivity contribution in [1.29, 1.82) is 0 Å². The highest BCUT2D eigenvalue weighted by atomic mass is 32.1. The van der Waals surface area contributed by atoms with Crippen molar-refractivity contribution >= 4 is 18.5 Å². The second-order valence-corrected chi connectivity index (χ2v) is 4.55. The van der Waals surface area contributed by atoms with E-state index < -0.39 is 0 Å². The summed E-state index contributed by atoms with van der Waals surface area (Å²) in [7, 11) is 0. The van der Waals surface area contributed by atoms with E-state index >= 15 is 0 Å². The molecule has 0 atom stereocenters. The van der Waals surface area contributed by atoms with E-state index in [2.05, 4.69) is 26.5 Å². The largest absolute Gasteiger partial charge is 0.343 e. The monoisotopic (exact) mass is 187 g/mol. The molecule has 1 rings (SSSR count). The molecule has 1 fully saturated rings. The van der Waals surface area contributed by atoms with Gasteiger partial charge in [0.25, 0.3) is 0 Å². The van der Waals surface area contributed by atoms with Gasteiger partial charge in [-0.3, -0.25) is 4.79 Å². The van der Waals surface area contributed by atoms with Gasteiger partial charge in [-0.05, 0) is 17.6 Å². The van der Waals surface area contributed by atoms with Crippen LogP contribution in [-0.4, -0.2) is 29.6 Å². The first-order valence-corrected chi connectivity index (χ1v) is 5.07. The van der Waals surface area contributed by atoms with Crippen molar-refractivity contribution in [2.45, 2.75) is 26.7 Å². The number of thiol groups is 1. The average molecular weight is 187 g/mol. The lowest BCUT2D eigenvalue weighted by atomic mass is 9.90. The Morgan fingerprint density at radius 3 is 2.42 bits per heavy atom. The van der Waals surface area contributed by atoms with Crippen molar-refractivity contribution in [3.05, 3.63) is 0 Å². The Bertz CT molecular complexity index is 175. The Morgan fingerprint density at radius 2 is 2.08 bits per heavy atom. The SMILES string of the molecule is CC(C)(CS)CC(=O)N1CCC1. The third kappa shape index (κ3) is 2.41. The molecule has 2 nitrogen and oxygen atoms in total. The van der Waals surface area contributed by atoms with Gasteiger partial charge in [-0.15, -0.1) is 0 Å². The van der Waals surface area contributed by atoms with E-state index in [1.807, 2.05) is 4.90 Å². The average Bonchev–Trinajstić information content (AvgIpc) is 1.82. The minimum absolute atomic E-state index is 0.0514. The van der Waals surface area contributed by atoms with Gasteiger partial charge in [0, 0.05) is 19.5 Å². The van der Waals surface area contributed by atoms with Gasteiger partial charge in [0.15, 0.2) is 0 Å². The molecule has 0 N–H and O–H groups in total. The number of rotatable bonds is 3. The van der Waals surface area contributed by atoms with Crippen LogP contribution >= 0.6 is 12.6 Å². The molecule has 0 saturated carbocycles. The number of carbonyl (C=O) groups excluding carboxylic acids is 1. The Balaban J connectivity index is 2.34. The summed E-state index contributed by atoms with van der Waals surface area (Å²) < 4.78 is 0. The molecule has 12 heavy (non-hydrogen) atoms. The first-order valence-electron chi connectivity index (χ1n) is 4.44. The number of amides is 1. The Labute approximate surface area is 79.7 Å². The fourth-order valence-electron chi connectivity index (χ4n) is 1.14. The molecule has 0 aromatic carbocycles. The smallest absolute Gasteiger partial charge is 0.223 e. The lowest BCUT2D eigenvalue weighted by molar-refractivity contribution is -0.136. The number of nitrogens with zero attached hydrogens (tertiary/aromatic N) is 1. The van der Waals surface area contributed by atoms with Gasteiger partial charge in [-0.2, -0.15) is 12.6 Å². The maximum absolute atomic E-state index is 11.5. The zero-order valence-electron chi connectivity index (χ0n) is 7.84. The summed E-state index contributed by atoms with van der Waals surface area (Å²) >= 11 is 4.22. The standard InChI is InChI=1S/C9H17NOS/c1-9(2,7-12)6-8(11)10-4-3-5-10/h12H,3-7H2,1-2H3. The highest BCUT2D eigenvalue weighted by Gasteiger charge is 2.26. The third-order valence-corrected chi connectivity index (χ3v) is 3.12. The van der Waals surface area contributed by atoms with Crippen LogP contribution in [-0.2, 0) is 4.79 Å². The van der Waals surface area contributed by atoms with Gasteiger partial charge >= 0.3 is 0 Å². The first kappa shape index (κ1) is 9.90. The van der Waals surface area contributed by atoms with Crippen LogP contribution in [0, 0.1) is 5.41 Å². The second kappa shape index (κ2) is 3.69. The van der Waals surface area contributed by atoms with E-state index in [9.17, 15) is 4.79 Å². The molecule has 0 unspecified atom stereocenters. The van der Waals surface area contributed by atoms with Crippen molar-refractivity contribution in [1.82, 2.24) is 4.90 Å². The Morgan fingerprint density at radius 1 is 1.50 bits per heavy atom. The van der Waals surface area contributed by atoms with E-state index in [1.165, 1.54) is 6.42 Å². The molecule has 0 radical (unpaired) electrons. The highest BCUT2D eigenvalue weighted by Crippen LogP contribution is 2.24. The third-order valence-electron chi connectivity index (χ3n) is 2.27. The van der Waals surface area contributed by atoms with Crippen LogP contribution in [0.1, 0.15) is 26.7 Å². The van der Waals surface area contributed by atoms with E-state index in [-0.39, 0.29) is 5.41 Å². The predicted octanol–water partition coefficient (Wildman–Crippen LogP) is 1.56. The van der Waals surface area contributed by atoms with Crippen LogP contribution in [0.3, 0.4) is 0 Å². The summed E-state index contributed by atoms with van der Waals surface area (Å²) in [6.45, 7) is 6.08. The molecule has 0 aliphatic carbocycles. The van der Waals surface area contributed by atoms with Crippen molar-refractivity contribution < 1.29 is 4.79 Å². The highest BCUT2D eigenvalue weighted by molar-refractivity contribution is 7.80. The zero-order valence-corrected chi connectivity index (χ0v) is 8.73. The van der Waals surface area contributed by atoms with Crippen LogP contribution in [0.4, 0.5) is 0 Å². The lowest BCUT2D eigenvalue weighted by Gasteiger charge is -2.33. The molecular formula is C9H17NOS. The molecule has 1 heterocycles. The summed E-state index contributed by atoms with van der Waals surface area (Å²) in [6.07, 6.45) is 1.81. The molecule has 70 valence electrons. The number of hydrogen-bond acceptors (Lipinski definition) is 2. The van der Waals surface area contributed by atoms with E-state index in [0.717, 1.165) is 18.8 Å². The van der Waals surface area contributed by atoms with E-state index in [1.54, 1.807) is 0 Å². The van der Waals surface area contributed by atoms with Crippen molar-refractivity contribution in [3.8, 4) is 0 Å². The summed E-state index contributed by atoms with van der Waals surface area (Å²) in [5.41, 5.74) is 0.0514. The fraction of sp³-hybridized carbons (Fsp3) is 0.889. The predicted molar refractivity (Wildman–Crippen MR) is 53.4 cm³/mol. The molecule has 0 spiro atoms. The molecular weight excluding hydrogens is 170 g/mol. The topological polar surface area (TPSA) is 20.3 Å². The zero-order chi connectivity index (χ0) is 9.19. The van der Waals surface area contributed by atoms with Gasteiger partial charge in [-0.1, -0.05) is 13.8 Å². The van der Waals surface area contributed by atoms with Crippen LogP contribution in [0.5, 0.6) is 0 Å². The molecule has 0 aromatic rings. The molecule has 1 aliphatic heterocycles. The minimum Gasteiger partial charge on any atom is -0.343 e. The lowest BCUT2D eigenvalue weighted by Crippen LogP contribution is -2.43. The molecule has 3 heteroatoms. The second-order valence-electron chi connectivity index (χ2n) is 4.23. The van der Waals surface area contributed by atoms with Crippen molar-refractivity contribution in [2.24, 2.45) is 5.41 Å². The van der Waals surface area contributed by atoms with Crippen LogP contribution < -0.4 is 0 Å². The summed E-state index contributed by atoms with van der Waals surface area (Å²) in [6, 6.07) is 0. The van der Waals surface area contributed by atoms with Crippen LogP contribution in [0.2, 0.25) is 0 Å². The maximum atomic E-state index is 11.5. The van der Waals surface area contributed by atoms with Gasteiger partial charge in [0.2, 0.25) is 5.91 Å². The van der Waals surface area contributed by atoms with Crippen LogP contribution in [0.25, 0.3) is 0 Å². The Hall–Kier alpha value is -0.180. The summed E-state index contributed by atoms with van der Waals surface area (Å²) in [4.78, 5) is 13.4. The maximum Gasteiger partial charge on any atom is 0.223 e. The molecule has 1 saturated heterocycles. The van der Waals surface area contributed by atoms with Crippen LogP contribution in [0.15, 0.2) is 0 Å². The van der Waals surface area contributed by atoms with Crippen molar-refractivity contribution in [3.63, 3.8) is 0 Å². The first-order chi connectivity index (χ1) is 5.55. The number of likely N-dealkylation sites (tertiary alicyclic amines) is 1. The van der Waals surface area contributed by atoms with E-state index in [0.29, 0.717) is 12.3 Å². The molecule has 0 aromatic heterocycles. The molecule has 0 bridgehead atoms. The molecule has 1 amide bonds. The minimum atomic E-state index is 0.0514. The Kier molecular flexibility index (Phi) is 3.04. The number of carbonyl (C=O) groups is 1. The normalized spacial score (nSPS) is 17.4. The van der Waals surface area contributed by atoms with Gasteiger partial charge < -0.3 is 4.90 Å². The number of hydrogen-bond donors (Lipinski definition) is 1. The molecule has 1 aliphatic rings. The quantitative estimate of drug-likeness (QED) is 0.665. The summed E-state index contributed by atoms with van der Waals surface area (Å²) in [5, 5.41) is 0. The fourth-order valence-corrected chi connectivity index (χ4v) is 1.25. The van der Waals surface area contributed by atoms with Gasteiger partial charge in [0.1, 0.15) is 0 Å². The van der Waals surface area contributed by atoms with Gasteiger partial charge in [-0.25, -0.2) is 0 Å². The van der Waals surface area contributed by atoms with Crippen molar-refractivity contribution in [2.75, 3.05) is 18.8 Å².